The molecule has 1 aliphatic heterocycles. The average Bonchev–Trinajstić information content (AvgIpc) is 2.29. The van der Waals surface area contributed by atoms with E-state index in [4.69, 9.17) is 5.73 Å². The highest BCUT2D eigenvalue weighted by Gasteiger charge is 2.34. The van der Waals surface area contributed by atoms with Gasteiger partial charge in [-0.05, 0) is 30.2 Å². The van der Waals surface area contributed by atoms with Gasteiger partial charge in [-0.3, -0.25) is 14.5 Å². The molecule has 2 N–H and O–H groups in total. The monoisotopic (exact) mass is 250 g/mol. The normalized spacial score (nSPS) is 22.5. The maximum Gasteiger partial charge on any atom is 0.248 e. The molecule has 5 heteroatoms. The molecule has 18 heavy (non-hydrogen) atoms. The van der Waals surface area contributed by atoms with Crippen molar-refractivity contribution in [2.45, 2.75) is 26.6 Å². The zero-order valence-electron chi connectivity index (χ0n) is 10.3. The SMILES string of the molecule is CC(=O)N1c2ccc(C(N)=O)cc2C[C@@H](C)[C@@H]1F. The van der Waals surface area contributed by atoms with Crippen LogP contribution in [0.4, 0.5) is 10.1 Å². The van der Waals surface area contributed by atoms with Crippen molar-refractivity contribution >= 4 is 17.5 Å². The molecule has 0 spiro atoms. The third kappa shape index (κ3) is 1.96. The van der Waals surface area contributed by atoms with Crippen LogP contribution in [0.5, 0.6) is 0 Å². The molecule has 1 aliphatic rings. The van der Waals surface area contributed by atoms with Crippen LogP contribution >= 0.6 is 0 Å². The summed E-state index contributed by atoms with van der Waals surface area (Å²) in [7, 11) is 0. The van der Waals surface area contributed by atoms with Gasteiger partial charge < -0.3 is 5.73 Å². The molecule has 4 nitrogen and oxygen atoms in total. The number of fused-ring (bicyclic) bond motifs is 1. The summed E-state index contributed by atoms with van der Waals surface area (Å²) in [5.41, 5.74) is 6.89. The fourth-order valence-electron chi connectivity index (χ4n) is 2.31. The molecule has 96 valence electrons. The number of alkyl halides is 1. The van der Waals surface area contributed by atoms with E-state index < -0.39 is 12.2 Å². The van der Waals surface area contributed by atoms with Crippen molar-refractivity contribution in [1.29, 1.82) is 0 Å². The third-order valence-electron chi connectivity index (χ3n) is 3.22. The van der Waals surface area contributed by atoms with Gasteiger partial charge in [0.25, 0.3) is 0 Å². The maximum atomic E-state index is 14.0. The van der Waals surface area contributed by atoms with Gasteiger partial charge in [0.1, 0.15) is 0 Å². The molecule has 2 amide bonds. The van der Waals surface area contributed by atoms with Gasteiger partial charge in [-0.2, -0.15) is 0 Å². The topological polar surface area (TPSA) is 63.4 Å². The van der Waals surface area contributed by atoms with Crippen molar-refractivity contribution in [2.75, 3.05) is 4.90 Å². The number of rotatable bonds is 1. The number of primary amides is 1. The lowest BCUT2D eigenvalue weighted by Crippen LogP contribution is -2.44. The van der Waals surface area contributed by atoms with Gasteiger partial charge in [0.15, 0.2) is 6.30 Å². The molecule has 0 saturated carbocycles. The lowest BCUT2D eigenvalue weighted by Gasteiger charge is -2.36. The van der Waals surface area contributed by atoms with E-state index in [9.17, 15) is 14.0 Å². The summed E-state index contributed by atoms with van der Waals surface area (Å²) in [6.45, 7) is 3.07. The zero-order chi connectivity index (χ0) is 13.4. The Morgan fingerprint density at radius 2 is 2.11 bits per heavy atom. The molecule has 1 aromatic carbocycles. The number of hydrogen-bond donors (Lipinski definition) is 1. The first-order chi connectivity index (χ1) is 8.41. The standard InChI is InChI=1S/C13H15FN2O2/c1-7-5-10-6-9(13(15)18)3-4-11(10)16(8(2)17)12(7)14/h3-4,6-7,12H,5H2,1-2H3,(H2,15,18)/t7-,12-/m1/s1. The van der Waals surface area contributed by atoms with Crippen molar-refractivity contribution in [1.82, 2.24) is 0 Å². The fraction of sp³-hybridized carbons (Fsp3) is 0.385. The van der Waals surface area contributed by atoms with Crippen molar-refractivity contribution < 1.29 is 14.0 Å². The minimum atomic E-state index is -1.32. The van der Waals surface area contributed by atoms with Crippen LogP contribution in [0.1, 0.15) is 29.8 Å². The van der Waals surface area contributed by atoms with Crippen LogP contribution in [0.25, 0.3) is 0 Å². The molecular formula is C13H15FN2O2. The molecule has 0 bridgehead atoms. The predicted octanol–water partition coefficient (Wildman–Crippen LogP) is 1.63. The van der Waals surface area contributed by atoms with Crippen LogP contribution in [0.2, 0.25) is 0 Å². The third-order valence-corrected chi connectivity index (χ3v) is 3.22. The molecule has 0 aromatic heterocycles. The van der Waals surface area contributed by atoms with Crippen LogP contribution in [0, 0.1) is 5.92 Å². The van der Waals surface area contributed by atoms with Gasteiger partial charge in [0, 0.05) is 24.1 Å². The molecule has 0 aliphatic carbocycles. The quantitative estimate of drug-likeness (QED) is 0.770. The van der Waals surface area contributed by atoms with E-state index in [0.29, 0.717) is 17.7 Å². The highest BCUT2D eigenvalue weighted by molar-refractivity contribution is 5.96. The fourth-order valence-corrected chi connectivity index (χ4v) is 2.31. The Hall–Kier alpha value is -1.91. The molecule has 0 unspecified atom stereocenters. The number of anilines is 1. The van der Waals surface area contributed by atoms with Crippen molar-refractivity contribution in [3.8, 4) is 0 Å². The molecule has 0 radical (unpaired) electrons. The highest BCUT2D eigenvalue weighted by atomic mass is 19.1. The average molecular weight is 250 g/mol. The van der Waals surface area contributed by atoms with Gasteiger partial charge in [0.2, 0.25) is 11.8 Å². The largest absolute Gasteiger partial charge is 0.366 e. The first kappa shape index (κ1) is 12.5. The summed E-state index contributed by atoms with van der Waals surface area (Å²) < 4.78 is 14.0. The Labute approximate surface area is 105 Å². The zero-order valence-corrected chi connectivity index (χ0v) is 10.3. The summed E-state index contributed by atoms with van der Waals surface area (Å²) in [4.78, 5) is 23.8. The number of carbonyl (C=O) groups is 2. The summed E-state index contributed by atoms with van der Waals surface area (Å²) >= 11 is 0. The summed E-state index contributed by atoms with van der Waals surface area (Å²) in [6.07, 6.45) is -0.837. The van der Waals surface area contributed by atoms with E-state index in [0.717, 1.165) is 10.5 Å². The number of nitrogens with two attached hydrogens (primary N) is 1. The summed E-state index contributed by atoms with van der Waals surface area (Å²) in [5, 5.41) is 0. The van der Waals surface area contributed by atoms with E-state index >= 15 is 0 Å². The van der Waals surface area contributed by atoms with Crippen LogP contribution in [0.15, 0.2) is 18.2 Å². The number of carbonyl (C=O) groups excluding carboxylic acids is 2. The number of benzene rings is 1. The first-order valence-corrected chi connectivity index (χ1v) is 5.78. The predicted molar refractivity (Wildman–Crippen MR) is 65.9 cm³/mol. The number of hydrogen-bond acceptors (Lipinski definition) is 2. The van der Waals surface area contributed by atoms with E-state index in [1.54, 1.807) is 19.1 Å². The lowest BCUT2D eigenvalue weighted by atomic mass is 9.91. The van der Waals surface area contributed by atoms with Crippen LogP contribution < -0.4 is 10.6 Å². The second kappa shape index (κ2) is 4.40. The van der Waals surface area contributed by atoms with Crippen LogP contribution in [0.3, 0.4) is 0 Å². The van der Waals surface area contributed by atoms with Crippen molar-refractivity contribution in [3.05, 3.63) is 29.3 Å². The molecule has 0 saturated heterocycles. The smallest absolute Gasteiger partial charge is 0.248 e. The molecule has 2 rings (SSSR count). The van der Waals surface area contributed by atoms with Crippen molar-refractivity contribution in [2.24, 2.45) is 11.7 Å². The molecule has 0 fully saturated rings. The summed E-state index contributed by atoms with van der Waals surface area (Å²) in [6, 6.07) is 4.73. The van der Waals surface area contributed by atoms with Gasteiger partial charge >= 0.3 is 0 Å². The second-order valence-electron chi connectivity index (χ2n) is 4.65. The Morgan fingerprint density at radius 1 is 1.44 bits per heavy atom. The second-order valence-corrected chi connectivity index (χ2v) is 4.65. The Morgan fingerprint density at radius 3 is 2.67 bits per heavy atom. The van der Waals surface area contributed by atoms with E-state index in [-0.39, 0.29) is 11.8 Å². The summed E-state index contributed by atoms with van der Waals surface area (Å²) in [5.74, 6) is -1.17. The number of halogens is 1. The van der Waals surface area contributed by atoms with E-state index in [2.05, 4.69) is 0 Å². The minimum Gasteiger partial charge on any atom is -0.366 e. The Balaban J connectivity index is 2.52. The molecule has 2 atom stereocenters. The van der Waals surface area contributed by atoms with Crippen LogP contribution in [-0.4, -0.2) is 18.1 Å². The van der Waals surface area contributed by atoms with Gasteiger partial charge in [0.05, 0.1) is 0 Å². The Kier molecular flexibility index (Phi) is 3.07. The molecule has 1 aromatic rings. The van der Waals surface area contributed by atoms with E-state index in [1.165, 1.54) is 13.0 Å². The maximum absolute atomic E-state index is 14.0. The molecular weight excluding hydrogens is 235 g/mol. The van der Waals surface area contributed by atoms with Gasteiger partial charge in [-0.1, -0.05) is 6.92 Å². The van der Waals surface area contributed by atoms with Gasteiger partial charge in [-0.15, -0.1) is 0 Å². The number of amides is 2. The Bertz CT molecular complexity index is 516. The van der Waals surface area contributed by atoms with E-state index in [1.807, 2.05) is 0 Å². The van der Waals surface area contributed by atoms with Gasteiger partial charge in [-0.25, -0.2) is 4.39 Å². The lowest BCUT2D eigenvalue weighted by molar-refractivity contribution is -0.118. The van der Waals surface area contributed by atoms with Crippen LogP contribution in [-0.2, 0) is 11.2 Å². The number of nitrogens with zero attached hydrogens (tertiary/aromatic N) is 1. The molecule has 1 heterocycles. The van der Waals surface area contributed by atoms with Crippen molar-refractivity contribution in [3.63, 3.8) is 0 Å². The minimum absolute atomic E-state index is 0.301. The highest BCUT2D eigenvalue weighted by Crippen LogP contribution is 2.35. The first-order valence-electron chi connectivity index (χ1n) is 5.78.